The average Bonchev–Trinajstić information content (AvgIpc) is 3.06. The maximum absolute atomic E-state index is 12.7. The second-order valence-electron chi connectivity index (χ2n) is 6.02. The van der Waals surface area contributed by atoms with Gasteiger partial charge < -0.3 is 10.1 Å². The molecule has 0 saturated carbocycles. The SMILES string of the molecule is C=CCOC(=O)C1=C(C)Nc2nc(SCCC)nn2C1c1ccc(Cl)cc1. The van der Waals surface area contributed by atoms with Gasteiger partial charge in [0.15, 0.2) is 0 Å². The summed E-state index contributed by atoms with van der Waals surface area (Å²) in [5.41, 5.74) is 2.06. The molecule has 3 rings (SSSR count). The Labute approximate surface area is 167 Å². The number of carbonyl (C=O) groups excluding carboxylic acids is 1. The van der Waals surface area contributed by atoms with Crippen molar-refractivity contribution in [3.05, 3.63) is 58.8 Å². The van der Waals surface area contributed by atoms with Crippen LogP contribution in [0, 0.1) is 0 Å². The molecule has 2 heterocycles. The van der Waals surface area contributed by atoms with Crippen LogP contribution in [0.1, 0.15) is 31.9 Å². The molecular weight excluding hydrogens is 384 g/mol. The van der Waals surface area contributed by atoms with Gasteiger partial charge in [0.2, 0.25) is 11.1 Å². The molecule has 0 amide bonds. The number of allylic oxidation sites excluding steroid dienone is 1. The van der Waals surface area contributed by atoms with Gasteiger partial charge in [0.05, 0.1) is 5.57 Å². The average molecular weight is 405 g/mol. The first kappa shape index (κ1) is 19.5. The lowest BCUT2D eigenvalue weighted by Gasteiger charge is -2.28. The van der Waals surface area contributed by atoms with Crippen LogP contribution in [0.15, 0.2) is 53.3 Å². The Morgan fingerprint density at radius 3 is 2.85 bits per heavy atom. The number of nitrogens with zero attached hydrogens (tertiary/aromatic N) is 3. The summed E-state index contributed by atoms with van der Waals surface area (Å²) in [6.07, 6.45) is 2.57. The van der Waals surface area contributed by atoms with Crippen LogP contribution in [-0.4, -0.2) is 33.1 Å². The van der Waals surface area contributed by atoms with E-state index in [9.17, 15) is 4.79 Å². The van der Waals surface area contributed by atoms with E-state index in [2.05, 4.69) is 28.9 Å². The third-order valence-electron chi connectivity index (χ3n) is 4.01. The van der Waals surface area contributed by atoms with Gasteiger partial charge in [-0.15, -0.1) is 5.10 Å². The summed E-state index contributed by atoms with van der Waals surface area (Å²) in [7, 11) is 0. The Morgan fingerprint density at radius 2 is 2.19 bits per heavy atom. The molecule has 0 bridgehead atoms. The highest BCUT2D eigenvalue weighted by atomic mass is 35.5. The summed E-state index contributed by atoms with van der Waals surface area (Å²) < 4.78 is 7.05. The lowest BCUT2D eigenvalue weighted by molar-refractivity contribution is -0.138. The summed E-state index contributed by atoms with van der Waals surface area (Å²) >= 11 is 7.63. The first-order valence-electron chi connectivity index (χ1n) is 8.65. The van der Waals surface area contributed by atoms with Crippen LogP contribution in [0.3, 0.4) is 0 Å². The van der Waals surface area contributed by atoms with Crippen molar-refractivity contribution in [1.82, 2.24) is 14.8 Å². The number of esters is 1. The quantitative estimate of drug-likeness (QED) is 0.417. The molecule has 0 saturated heterocycles. The van der Waals surface area contributed by atoms with Gasteiger partial charge in [-0.3, -0.25) is 0 Å². The van der Waals surface area contributed by atoms with Crippen molar-refractivity contribution in [3.8, 4) is 0 Å². The van der Waals surface area contributed by atoms with Crippen molar-refractivity contribution in [2.75, 3.05) is 17.7 Å². The molecule has 1 atom stereocenters. The van der Waals surface area contributed by atoms with E-state index in [1.54, 1.807) is 34.7 Å². The van der Waals surface area contributed by atoms with Crippen molar-refractivity contribution < 1.29 is 9.53 Å². The number of anilines is 1. The van der Waals surface area contributed by atoms with Crippen molar-refractivity contribution in [1.29, 1.82) is 0 Å². The molecule has 1 N–H and O–H groups in total. The summed E-state index contributed by atoms with van der Waals surface area (Å²) in [6.45, 7) is 7.69. The minimum absolute atomic E-state index is 0.144. The molecule has 1 aliphatic rings. The van der Waals surface area contributed by atoms with E-state index in [1.807, 2.05) is 19.1 Å². The van der Waals surface area contributed by atoms with Gasteiger partial charge in [-0.1, -0.05) is 55.1 Å². The predicted molar refractivity (Wildman–Crippen MR) is 108 cm³/mol. The number of halogens is 1. The normalized spacial score (nSPS) is 15.9. The number of nitrogens with one attached hydrogen (secondary N) is 1. The first-order chi connectivity index (χ1) is 13.0. The monoisotopic (exact) mass is 404 g/mol. The molecule has 142 valence electrons. The van der Waals surface area contributed by atoms with E-state index in [-0.39, 0.29) is 6.61 Å². The zero-order valence-corrected chi connectivity index (χ0v) is 16.8. The number of benzene rings is 1. The highest BCUT2D eigenvalue weighted by molar-refractivity contribution is 7.99. The molecule has 1 aliphatic heterocycles. The summed E-state index contributed by atoms with van der Waals surface area (Å²) in [4.78, 5) is 17.3. The fourth-order valence-corrected chi connectivity index (χ4v) is 3.63. The molecule has 0 radical (unpaired) electrons. The summed E-state index contributed by atoms with van der Waals surface area (Å²) in [6, 6.07) is 6.92. The Bertz CT molecular complexity index is 876. The van der Waals surface area contributed by atoms with E-state index in [1.165, 1.54) is 0 Å². The smallest absolute Gasteiger partial charge is 0.338 e. The number of rotatable bonds is 7. The van der Waals surface area contributed by atoms with Gasteiger partial charge in [-0.25, -0.2) is 9.48 Å². The second-order valence-corrected chi connectivity index (χ2v) is 7.51. The van der Waals surface area contributed by atoms with Crippen LogP contribution >= 0.6 is 23.4 Å². The van der Waals surface area contributed by atoms with Gasteiger partial charge in [-0.05, 0) is 31.0 Å². The lowest BCUT2D eigenvalue weighted by Crippen LogP contribution is -2.29. The van der Waals surface area contributed by atoms with Crippen LogP contribution < -0.4 is 5.32 Å². The molecule has 8 heteroatoms. The Kier molecular flexibility index (Phi) is 6.23. The van der Waals surface area contributed by atoms with Crippen molar-refractivity contribution in [3.63, 3.8) is 0 Å². The van der Waals surface area contributed by atoms with Gasteiger partial charge >= 0.3 is 5.97 Å². The highest BCUT2D eigenvalue weighted by Crippen LogP contribution is 2.37. The topological polar surface area (TPSA) is 69.0 Å². The van der Waals surface area contributed by atoms with E-state index >= 15 is 0 Å². The van der Waals surface area contributed by atoms with E-state index in [0.717, 1.165) is 17.7 Å². The van der Waals surface area contributed by atoms with Crippen LogP contribution in [0.5, 0.6) is 0 Å². The molecule has 27 heavy (non-hydrogen) atoms. The van der Waals surface area contributed by atoms with Gasteiger partial charge in [0.1, 0.15) is 12.6 Å². The molecule has 0 fully saturated rings. The molecule has 1 aromatic carbocycles. The Hall–Kier alpha value is -2.25. The van der Waals surface area contributed by atoms with Crippen LogP contribution in [-0.2, 0) is 9.53 Å². The maximum atomic E-state index is 12.7. The van der Waals surface area contributed by atoms with E-state index in [4.69, 9.17) is 16.3 Å². The van der Waals surface area contributed by atoms with Gasteiger partial charge in [0.25, 0.3) is 0 Å². The van der Waals surface area contributed by atoms with Crippen molar-refractivity contribution in [2.45, 2.75) is 31.5 Å². The van der Waals surface area contributed by atoms with E-state index < -0.39 is 12.0 Å². The molecule has 1 unspecified atom stereocenters. The summed E-state index contributed by atoms with van der Waals surface area (Å²) in [5.74, 6) is 1.12. The second kappa shape index (κ2) is 8.63. The van der Waals surface area contributed by atoms with E-state index in [0.29, 0.717) is 27.4 Å². The number of ether oxygens (including phenoxy) is 1. The largest absolute Gasteiger partial charge is 0.458 e. The van der Waals surface area contributed by atoms with Gasteiger partial charge in [-0.2, -0.15) is 4.98 Å². The van der Waals surface area contributed by atoms with Crippen LogP contribution in [0.2, 0.25) is 5.02 Å². The zero-order valence-electron chi connectivity index (χ0n) is 15.2. The minimum atomic E-state index is -0.445. The predicted octanol–water partition coefficient (Wildman–Crippen LogP) is 4.45. The molecule has 6 nitrogen and oxygen atoms in total. The fourth-order valence-electron chi connectivity index (χ4n) is 2.82. The summed E-state index contributed by atoms with van der Waals surface area (Å²) in [5, 5.41) is 9.10. The van der Waals surface area contributed by atoms with Gasteiger partial charge in [0, 0.05) is 16.5 Å². The van der Waals surface area contributed by atoms with Crippen LogP contribution in [0.4, 0.5) is 5.95 Å². The fraction of sp³-hybridized carbons (Fsp3) is 0.316. The third kappa shape index (κ3) is 4.20. The molecule has 1 aromatic heterocycles. The van der Waals surface area contributed by atoms with Crippen molar-refractivity contribution >= 4 is 35.3 Å². The molecule has 0 spiro atoms. The zero-order chi connectivity index (χ0) is 19.4. The number of carbonyl (C=O) groups is 1. The Morgan fingerprint density at radius 1 is 1.44 bits per heavy atom. The number of fused-ring (bicyclic) bond motifs is 1. The molecular formula is C19H21ClN4O2S. The molecule has 2 aromatic rings. The van der Waals surface area contributed by atoms with Crippen molar-refractivity contribution in [2.24, 2.45) is 0 Å². The number of hydrogen-bond donors (Lipinski definition) is 1. The number of aromatic nitrogens is 3. The minimum Gasteiger partial charge on any atom is -0.458 e. The first-order valence-corrected chi connectivity index (χ1v) is 10.0. The Balaban J connectivity index is 2.06. The number of hydrogen-bond acceptors (Lipinski definition) is 6. The van der Waals surface area contributed by atoms with Crippen LogP contribution in [0.25, 0.3) is 0 Å². The molecule has 0 aliphatic carbocycles. The standard InChI is InChI=1S/C19H21ClN4O2S/c1-4-10-26-17(25)15-12(3)21-18-22-19(27-11-5-2)23-24(18)16(15)13-6-8-14(20)9-7-13/h4,6-9,16H,1,5,10-11H2,2-3H3,(H,21,22,23). The lowest BCUT2D eigenvalue weighted by atomic mass is 9.96. The maximum Gasteiger partial charge on any atom is 0.338 e. The third-order valence-corrected chi connectivity index (χ3v) is 5.30. The number of thioether (sulfide) groups is 1. The highest BCUT2D eigenvalue weighted by Gasteiger charge is 2.35.